The van der Waals surface area contributed by atoms with E-state index in [0.29, 0.717) is 0 Å². The van der Waals surface area contributed by atoms with Crippen molar-refractivity contribution in [3.05, 3.63) is 0 Å². The van der Waals surface area contributed by atoms with Gasteiger partial charge in [-0.3, -0.25) is 0 Å². The summed E-state index contributed by atoms with van der Waals surface area (Å²) in [6.45, 7) is 4.01. The average Bonchev–Trinajstić information content (AvgIpc) is 1.61. The summed E-state index contributed by atoms with van der Waals surface area (Å²) in [4.78, 5) is 0. The Bertz CT molecular complexity index is 41.9. The highest BCUT2D eigenvalue weighted by atomic mass is 31.1. The van der Waals surface area contributed by atoms with Gasteiger partial charge in [0, 0.05) is 15.3 Å². The van der Waals surface area contributed by atoms with Crippen LogP contribution in [-0.2, 0) is 9.10 Å². The van der Waals surface area contributed by atoms with Crippen molar-refractivity contribution in [3.63, 3.8) is 0 Å². The minimum atomic E-state index is -0.287. The van der Waals surface area contributed by atoms with Crippen LogP contribution < -0.4 is 0 Å². The molecule has 7 heavy (non-hydrogen) atoms. The molecule has 1 radical (unpaired) electrons. The molecule has 0 bridgehead atoms. The molecule has 0 rings (SSSR count). The third-order valence-corrected chi connectivity index (χ3v) is 0.858. The van der Waals surface area contributed by atoms with Crippen LogP contribution in [0.1, 0.15) is 0 Å². The highest BCUT2D eigenvalue weighted by molar-refractivity contribution is 7.51. The van der Waals surface area contributed by atoms with Gasteiger partial charge < -0.3 is 9.10 Å². The molecular weight excluding hydrogens is 110 g/mol. The Morgan fingerprint density at radius 1 is 1.43 bits per heavy atom. The molecule has 0 aliphatic carbocycles. The van der Waals surface area contributed by atoms with Gasteiger partial charge in [0.1, 0.15) is 0 Å². The van der Waals surface area contributed by atoms with Gasteiger partial charge >= 0.3 is 7.69 Å². The lowest BCUT2D eigenvalue weighted by molar-refractivity contribution is 0.378. The smallest absolute Gasteiger partial charge is 0.416 e. The maximum Gasteiger partial charge on any atom is 0.491 e. The fraction of sp³-hybridized carbons (Fsp3) is 1.00. The fourth-order valence-electron chi connectivity index (χ4n) is 0.129. The first-order chi connectivity index (χ1) is 3.27. The van der Waals surface area contributed by atoms with Gasteiger partial charge in [-0.05, 0) is 13.3 Å². The van der Waals surface area contributed by atoms with Crippen molar-refractivity contribution in [2.24, 2.45) is 0 Å². The van der Waals surface area contributed by atoms with E-state index in [-0.39, 0.29) is 8.15 Å². The lowest BCUT2D eigenvalue weighted by Gasteiger charge is -2.01. The Labute approximate surface area is 46.3 Å². The lowest BCUT2D eigenvalue weighted by Crippen LogP contribution is -1.94. The van der Waals surface area contributed by atoms with Crippen molar-refractivity contribution in [2.75, 3.05) is 20.4 Å². The molecule has 0 heterocycles. The molecule has 2 nitrogen and oxygen atoms in total. The summed E-state index contributed by atoms with van der Waals surface area (Å²) in [6.07, 6.45) is 0. The van der Waals surface area contributed by atoms with Crippen LogP contribution >= 0.6 is 8.15 Å². The maximum atomic E-state index is 4.91. The molecule has 0 fully saturated rings. The average molecular weight is 119 g/mol. The molecule has 0 aromatic rings. The van der Waals surface area contributed by atoms with E-state index in [4.69, 9.17) is 4.44 Å². The summed E-state index contributed by atoms with van der Waals surface area (Å²) in [7, 11) is 2.63. The molecule has 0 amide bonds. The highest BCUT2D eigenvalue weighted by Gasteiger charge is 1.92. The highest BCUT2D eigenvalue weighted by Crippen LogP contribution is 2.23. The Kier molecular flexibility index (Phi) is 4.84. The largest absolute Gasteiger partial charge is 0.491 e. The van der Waals surface area contributed by atoms with Crippen LogP contribution in [0.3, 0.4) is 0 Å². The van der Waals surface area contributed by atoms with Gasteiger partial charge in [0.15, 0.2) is 0 Å². The van der Waals surface area contributed by atoms with Crippen molar-refractivity contribution >= 4 is 15.8 Å². The molecule has 0 saturated heterocycles. The Balaban J connectivity index is 2.68. The summed E-state index contributed by atoms with van der Waals surface area (Å²) in [5.74, 6) is 0. The van der Waals surface area contributed by atoms with Gasteiger partial charge in [-0.15, -0.1) is 0 Å². The van der Waals surface area contributed by atoms with Crippen LogP contribution in [0.25, 0.3) is 0 Å². The molecule has 4 heteroatoms. The van der Waals surface area contributed by atoms with Crippen LogP contribution in [0.5, 0.6) is 0 Å². The summed E-state index contributed by atoms with van der Waals surface area (Å²) in [5, 5.41) is 0. The Morgan fingerprint density at radius 3 is 2.14 bits per heavy atom. The number of hydrogen-bond acceptors (Lipinski definition) is 2. The number of hydrogen-bond donors (Lipinski definition) is 0. The fourth-order valence-corrected chi connectivity index (χ4v) is 0.387. The van der Waals surface area contributed by atoms with Gasteiger partial charge in [0.05, 0.1) is 0 Å². The van der Waals surface area contributed by atoms with E-state index in [1.54, 1.807) is 7.11 Å². The zero-order chi connectivity index (χ0) is 5.70. The summed E-state index contributed by atoms with van der Waals surface area (Å²) in [5.41, 5.74) is 0. The first-order valence-electron chi connectivity index (χ1n) is 1.96. The van der Waals surface area contributed by atoms with E-state index in [1.165, 1.54) is 7.69 Å². The van der Waals surface area contributed by atoms with Crippen LogP contribution in [0.4, 0.5) is 0 Å². The SMILES string of the molecule is CO[B]OP(C)C. The normalized spacial score (nSPS) is 9.71. The van der Waals surface area contributed by atoms with E-state index in [0.717, 1.165) is 0 Å². The van der Waals surface area contributed by atoms with Crippen LogP contribution in [0, 0.1) is 0 Å². The van der Waals surface area contributed by atoms with E-state index >= 15 is 0 Å². The van der Waals surface area contributed by atoms with E-state index in [2.05, 4.69) is 4.65 Å². The third kappa shape index (κ3) is 6.41. The maximum absolute atomic E-state index is 4.91. The third-order valence-electron chi connectivity index (χ3n) is 0.350. The van der Waals surface area contributed by atoms with Crippen molar-refractivity contribution in [3.8, 4) is 0 Å². The Hall–Kier alpha value is 0.415. The van der Waals surface area contributed by atoms with Crippen molar-refractivity contribution in [2.45, 2.75) is 0 Å². The molecule has 0 saturated carbocycles. The molecule has 0 spiro atoms. The summed E-state index contributed by atoms with van der Waals surface area (Å²) in [6, 6.07) is 0. The molecular formula is C3H9BO2P. The van der Waals surface area contributed by atoms with Gasteiger partial charge in [0.25, 0.3) is 0 Å². The summed E-state index contributed by atoms with van der Waals surface area (Å²) < 4.78 is 9.43. The van der Waals surface area contributed by atoms with Crippen LogP contribution in [0.2, 0.25) is 0 Å². The van der Waals surface area contributed by atoms with Crippen molar-refractivity contribution < 1.29 is 9.10 Å². The van der Waals surface area contributed by atoms with Gasteiger partial charge in [-0.25, -0.2) is 0 Å². The number of rotatable bonds is 3. The molecule has 41 valence electrons. The molecule has 0 aliphatic rings. The van der Waals surface area contributed by atoms with Crippen LogP contribution in [0.15, 0.2) is 0 Å². The second-order valence-electron chi connectivity index (χ2n) is 1.25. The van der Waals surface area contributed by atoms with Crippen LogP contribution in [-0.4, -0.2) is 28.1 Å². The van der Waals surface area contributed by atoms with E-state index in [9.17, 15) is 0 Å². The molecule has 0 aliphatic heterocycles. The van der Waals surface area contributed by atoms with Gasteiger partial charge in [0.2, 0.25) is 0 Å². The molecule has 0 unspecified atom stereocenters. The monoisotopic (exact) mass is 119 g/mol. The van der Waals surface area contributed by atoms with Crippen molar-refractivity contribution in [1.82, 2.24) is 0 Å². The molecule has 0 aromatic carbocycles. The Morgan fingerprint density at radius 2 is 2.00 bits per heavy atom. The lowest BCUT2D eigenvalue weighted by atomic mass is 10.4. The van der Waals surface area contributed by atoms with Crippen molar-refractivity contribution in [1.29, 1.82) is 0 Å². The zero-order valence-electron chi connectivity index (χ0n) is 4.84. The predicted molar refractivity (Wildman–Crippen MR) is 32.6 cm³/mol. The molecule has 0 N–H and O–H groups in total. The van der Waals surface area contributed by atoms with E-state index < -0.39 is 0 Å². The molecule has 0 aromatic heterocycles. The first kappa shape index (κ1) is 7.41. The minimum Gasteiger partial charge on any atom is -0.416 e. The minimum absolute atomic E-state index is 0.287. The standard InChI is InChI=1S/C3H9BO2P/c1-5-4-6-7(2)3/h1-3H3. The van der Waals surface area contributed by atoms with E-state index in [1.807, 2.05) is 13.3 Å². The molecule has 0 atom stereocenters. The van der Waals surface area contributed by atoms with Gasteiger partial charge in [-0.2, -0.15) is 0 Å². The summed E-state index contributed by atoms with van der Waals surface area (Å²) >= 11 is 0. The zero-order valence-corrected chi connectivity index (χ0v) is 5.74. The quantitative estimate of drug-likeness (QED) is 0.404. The first-order valence-corrected chi connectivity index (χ1v) is 4.11. The van der Waals surface area contributed by atoms with Gasteiger partial charge in [-0.1, -0.05) is 0 Å². The second-order valence-corrected chi connectivity index (χ2v) is 3.09. The predicted octanol–water partition coefficient (Wildman–Crippen LogP) is 0.840. The topological polar surface area (TPSA) is 18.5 Å². The second kappa shape index (κ2) is 4.57.